The largest absolute Gasteiger partial charge is 0.206 e. The number of benzene rings is 4. The topological polar surface area (TPSA) is 0 Å². The van der Waals surface area contributed by atoms with Gasteiger partial charge in [-0.2, -0.15) is 0 Å². The summed E-state index contributed by atoms with van der Waals surface area (Å²) in [5.74, 6) is 2.19. The van der Waals surface area contributed by atoms with E-state index in [-0.39, 0.29) is 22.3 Å². The van der Waals surface area contributed by atoms with Gasteiger partial charge in [0.15, 0.2) is 34.9 Å². The van der Waals surface area contributed by atoms with Crippen molar-refractivity contribution in [2.24, 2.45) is 5.92 Å². The Hall–Kier alpha value is -4.56. The van der Waals surface area contributed by atoms with Gasteiger partial charge in [0.1, 0.15) is 11.6 Å². The molecule has 0 aliphatic heterocycles. The summed E-state index contributed by atoms with van der Waals surface area (Å²) in [4.78, 5) is 0. The van der Waals surface area contributed by atoms with Gasteiger partial charge >= 0.3 is 0 Å². The number of unbranched alkanes of at least 4 members (excludes halogenated alkanes) is 4. The molecule has 0 spiro atoms. The van der Waals surface area contributed by atoms with Crippen molar-refractivity contribution in [1.82, 2.24) is 0 Å². The van der Waals surface area contributed by atoms with E-state index in [0.717, 1.165) is 62.8 Å². The summed E-state index contributed by atoms with van der Waals surface area (Å²) in [6.45, 7) is 2.18. The predicted octanol–water partition coefficient (Wildman–Crippen LogP) is 11.3. The van der Waals surface area contributed by atoms with Gasteiger partial charge in [-0.3, -0.25) is 0 Å². The highest BCUT2D eigenvalue weighted by molar-refractivity contribution is 5.66. The summed E-state index contributed by atoms with van der Waals surface area (Å²) in [6, 6.07) is 11.2. The zero-order valence-corrected chi connectivity index (χ0v) is 25.0. The van der Waals surface area contributed by atoms with Crippen molar-refractivity contribution in [3.8, 4) is 45.9 Å². The van der Waals surface area contributed by atoms with Crippen molar-refractivity contribution < 1.29 is 35.1 Å². The lowest BCUT2D eigenvalue weighted by Crippen LogP contribution is -1.95. The third-order valence-corrected chi connectivity index (χ3v) is 7.49. The molecule has 0 N–H and O–H groups in total. The SMILES string of the molecule is CC(CCCCC#Cc1ccc(-c2cc(F)c(F)c(F)c2)c(F)c1)CCCCC#Cc1ccc(-c2cc(F)c(F)c(F)c2)c(F)c1. The Morgan fingerprint density at radius 3 is 1.20 bits per heavy atom. The molecule has 0 saturated carbocycles. The average molecular weight is 639 g/mol. The lowest BCUT2D eigenvalue weighted by molar-refractivity contribution is 0.447. The maximum atomic E-state index is 14.5. The van der Waals surface area contributed by atoms with Gasteiger partial charge in [0, 0.05) is 35.1 Å². The van der Waals surface area contributed by atoms with Crippen LogP contribution in [-0.2, 0) is 0 Å². The van der Waals surface area contributed by atoms with Crippen LogP contribution in [0.4, 0.5) is 35.1 Å². The van der Waals surface area contributed by atoms with Crippen LogP contribution in [0, 0.1) is 76.1 Å². The summed E-state index contributed by atoms with van der Waals surface area (Å²) in [5, 5.41) is 0. The molecule has 46 heavy (non-hydrogen) atoms. The molecule has 0 aliphatic carbocycles. The summed E-state index contributed by atoms with van der Waals surface area (Å²) in [7, 11) is 0. The van der Waals surface area contributed by atoms with Gasteiger partial charge in [-0.15, -0.1) is 0 Å². The lowest BCUT2D eigenvalue weighted by Gasteiger charge is -2.09. The molecule has 0 aromatic heterocycles. The summed E-state index contributed by atoms with van der Waals surface area (Å²) >= 11 is 0. The third kappa shape index (κ3) is 9.23. The van der Waals surface area contributed by atoms with E-state index in [2.05, 4.69) is 30.6 Å². The van der Waals surface area contributed by atoms with Gasteiger partial charge in [0.2, 0.25) is 0 Å². The molecule has 0 radical (unpaired) electrons. The number of halogens is 8. The van der Waals surface area contributed by atoms with Crippen molar-refractivity contribution in [2.75, 3.05) is 0 Å². The van der Waals surface area contributed by atoms with Gasteiger partial charge in [0.25, 0.3) is 0 Å². The van der Waals surface area contributed by atoms with Crippen LogP contribution < -0.4 is 0 Å². The van der Waals surface area contributed by atoms with Gasteiger partial charge < -0.3 is 0 Å². The van der Waals surface area contributed by atoms with Crippen LogP contribution in [0.25, 0.3) is 22.3 Å². The molecule has 0 amide bonds. The fourth-order valence-corrected chi connectivity index (χ4v) is 4.96. The van der Waals surface area contributed by atoms with Crippen LogP contribution >= 0.6 is 0 Å². The van der Waals surface area contributed by atoms with E-state index >= 15 is 0 Å². The van der Waals surface area contributed by atoms with Crippen LogP contribution in [0.3, 0.4) is 0 Å². The normalized spacial score (nSPS) is 10.8. The molecule has 0 bridgehead atoms. The molecule has 8 heteroatoms. The van der Waals surface area contributed by atoms with Crippen molar-refractivity contribution in [1.29, 1.82) is 0 Å². The van der Waals surface area contributed by atoms with Crippen LogP contribution in [0.5, 0.6) is 0 Å². The number of rotatable bonds is 10. The first-order valence-corrected chi connectivity index (χ1v) is 14.9. The van der Waals surface area contributed by atoms with Crippen LogP contribution in [0.15, 0.2) is 60.7 Å². The minimum Gasteiger partial charge on any atom is -0.206 e. The molecule has 0 nitrogen and oxygen atoms in total. The highest BCUT2D eigenvalue weighted by Gasteiger charge is 2.15. The minimum absolute atomic E-state index is 0.0478. The van der Waals surface area contributed by atoms with Crippen molar-refractivity contribution in [3.63, 3.8) is 0 Å². The molecule has 0 heterocycles. The fourth-order valence-electron chi connectivity index (χ4n) is 4.96. The average Bonchev–Trinajstić information content (AvgIpc) is 3.01. The second-order valence-corrected chi connectivity index (χ2v) is 11.1. The fraction of sp³-hybridized carbons (Fsp3) is 0.263. The molecule has 0 fully saturated rings. The van der Waals surface area contributed by atoms with Crippen LogP contribution in [-0.4, -0.2) is 0 Å². The number of hydrogen-bond donors (Lipinski definition) is 0. The highest BCUT2D eigenvalue weighted by Crippen LogP contribution is 2.28. The molecule has 4 rings (SSSR count). The first-order chi connectivity index (χ1) is 22.0. The Morgan fingerprint density at radius 2 is 0.848 bits per heavy atom. The third-order valence-electron chi connectivity index (χ3n) is 7.49. The van der Waals surface area contributed by atoms with Gasteiger partial charge in [-0.1, -0.05) is 68.4 Å². The van der Waals surface area contributed by atoms with Gasteiger partial charge in [0.05, 0.1) is 0 Å². The molecule has 0 saturated heterocycles. The zero-order chi connectivity index (χ0) is 33.2. The first-order valence-electron chi connectivity index (χ1n) is 14.9. The lowest BCUT2D eigenvalue weighted by atomic mass is 9.97. The van der Waals surface area contributed by atoms with E-state index < -0.39 is 46.5 Å². The molecular weight excluding hydrogens is 608 g/mol. The Labute approximate surface area is 263 Å². The quantitative estimate of drug-likeness (QED) is 0.0702. The molecule has 0 atom stereocenters. The van der Waals surface area contributed by atoms with E-state index in [1.807, 2.05) is 0 Å². The zero-order valence-electron chi connectivity index (χ0n) is 25.0. The molecule has 238 valence electrons. The molecule has 4 aromatic rings. The summed E-state index contributed by atoms with van der Waals surface area (Å²) in [5.41, 5.74) is 0.572. The summed E-state index contributed by atoms with van der Waals surface area (Å²) in [6.07, 6.45) is 7.10. The van der Waals surface area contributed by atoms with E-state index in [4.69, 9.17) is 0 Å². The monoisotopic (exact) mass is 638 g/mol. The maximum absolute atomic E-state index is 14.5. The van der Waals surface area contributed by atoms with E-state index in [9.17, 15) is 35.1 Å². The van der Waals surface area contributed by atoms with Crippen molar-refractivity contribution in [2.45, 2.75) is 58.3 Å². The Morgan fingerprint density at radius 1 is 0.478 bits per heavy atom. The second kappa shape index (κ2) is 16.1. The molecular formula is C38H30F8. The second-order valence-electron chi connectivity index (χ2n) is 11.1. The van der Waals surface area contributed by atoms with Gasteiger partial charge in [-0.25, -0.2) is 35.1 Å². The van der Waals surface area contributed by atoms with Crippen LogP contribution in [0.2, 0.25) is 0 Å². The molecule has 0 unspecified atom stereocenters. The smallest absolute Gasteiger partial charge is 0.194 e. The Kier molecular flexibility index (Phi) is 12.0. The standard InChI is InChI=1S/C38H30F8/c1-24(10-6-2-4-8-12-25-14-16-29(31(39)18-25)27-20-33(41)37(45)34(42)21-27)11-7-3-5-9-13-26-15-17-30(32(40)19-26)28-22-35(43)38(46)36(44)23-28/h14-24H,2-7,10-11H2,1H3. The summed E-state index contributed by atoms with van der Waals surface area (Å²) < 4.78 is 109. The maximum Gasteiger partial charge on any atom is 0.194 e. The minimum atomic E-state index is -1.60. The number of hydrogen-bond acceptors (Lipinski definition) is 0. The van der Waals surface area contributed by atoms with Gasteiger partial charge in [-0.05, 0) is 78.4 Å². The van der Waals surface area contributed by atoms with Crippen molar-refractivity contribution >= 4 is 0 Å². The predicted molar refractivity (Wildman–Crippen MR) is 163 cm³/mol. The van der Waals surface area contributed by atoms with E-state index in [1.165, 1.54) is 24.3 Å². The molecule has 4 aromatic carbocycles. The van der Waals surface area contributed by atoms with E-state index in [1.54, 1.807) is 12.1 Å². The van der Waals surface area contributed by atoms with E-state index in [0.29, 0.717) is 29.9 Å². The first kappa shape index (κ1) is 34.3. The molecule has 0 aliphatic rings. The Bertz CT molecular complexity index is 1640. The Balaban J connectivity index is 1.13. The van der Waals surface area contributed by atoms with Crippen LogP contribution in [0.1, 0.15) is 69.4 Å². The van der Waals surface area contributed by atoms with Crippen molar-refractivity contribution in [3.05, 3.63) is 118 Å². The highest BCUT2D eigenvalue weighted by atomic mass is 19.2.